The zero-order valence-electron chi connectivity index (χ0n) is 19.1. The van der Waals surface area contributed by atoms with Gasteiger partial charge in [-0.05, 0) is 23.5 Å². The van der Waals surface area contributed by atoms with Gasteiger partial charge in [-0.15, -0.1) is 0 Å². The van der Waals surface area contributed by atoms with E-state index in [1.165, 1.54) is 0 Å². The lowest BCUT2D eigenvalue weighted by molar-refractivity contribution is -0.391. The molecule has 0 aliphatic rings. The van der Waals surface area contributed by atoms with E-state index < -0.39 is 37.0 Å². The summed E-state index contributed by atoms with van der Waals surface area (Å²) in [6.07, 6.45) is 0.622. The van der Waals surface area contributed by atoms with Crippen molar-refractivity contribution in [2.24, 2.45) is 11.8 Å². The molecule has 1 unspecified atom stereocenters. The van der Waals surface area contributed by atoms with Crippen molar-refractivity contribution in [2.75, 3.05) is 6.16 Å². The van der Waals surface area contributed by atoms with E-state index in [1.807, 2.05) is 50.2 Å². The molecule has 4 atom stereocenters. The van der Waals surface area contributed by atoms with Gasteiger partial charge in [-0.25, -0.2) is 4.79 Å². The first-order chi connectivity index (χ1) is 15.1. The minimum absolute atomic E-state index is 0. The molecule has 0 saturated heterocycles. The third-order valence-electron chi connectivity index (χ3n) is 5.39. The highest BCUT2D eigenvalue weighted by Crippen LogP contribution is 2.47. The number of rotatable bonds is 12. The Balaban J connectivity index is 0.00000544. The van der Waals surface area contributed by atoms with Crippen LogP contribution in [0.2, 0.25) is 0 Å². The Morgan fingerprint density at radius 2 is 1.45 bits per heavy atom. The molecule has 0 fully saturated rings. The fourth-order valence-electron chi connectivity index (χ4n) is 3.67. The van der Waals surface area contributed by atoms with Crippen molar-refractivity contribution >= 4 is 19.2 Å². The number of aliphatic carboxylic acids is 1. The average molecular weight is 541 g/mol. The smallest absolute Gasteiger partial charge is 0.326 e. The standard InChI is InChI=1S/C24H33N2O5P.BrH/c1-17(2)13-20(16-32(30,31)22(25)15-19-11-7-4-8-12-19)23(27)26-21(24(28)29)14-18-9-5-3-6-10-18;/h3-12,17,20-22H,13-16,25H2,1-2H3,(H,26,27)(H,28,29)(H,30,31);1H/t20-,21+,22-;/m1./s1. The normalized spacial score (nSPS) is 15.5. The van der Waals surface area contributed by atoms with E-state index in [2.05, 4.69) is 11.1 Å². The summed E-state index contributed by atoms with van der Waals surface area (Å²) in [5.74, 6) is -3.09. The first kappa shape index (κ1) is 29.0. The van der Waals surface area contributed by atoms with Gasteiger partial charge in [0.15, 0.2) is 5.78 Å². The van der Waals surface area contributed by atoms with E-state index in [1.54, 1.807) is 24.3 Å². The molecule has 0 spiro atoms. The number of quaternary nitrogens is 1. The first-order valence-electron chi connectivity index (χ1n) is 10.8. The van der Waals surface area contributed by atoms with Crippen LogP contribution in [0.1, 0.15) is 31.4 Å². The van der Waals surface area contributed by atoms with Gasteiger partial charge in [-0.2, -0.15) is 0 Å². The van der Waals surface area contributed by atoms with Crippen LogP contribution in [-0.4, -0.2) is 39.9 Å². The number of carbonyl (C=O) groups is 2. The van der Waals surface area contributed by atoms with Crippen LogP contribution in [0.4, 0.5) is 0 Å². The van der Waals surface area contributed by atoms with Crippen LogP contribution in [-0.2, 0) is 27.0 Å². The molecule has 0 bridgehead atoms. The molecule has 182 valence electrons. The van der Waals surface area contributed by atoms with Gasteiger partial charge in [0.1, 0.15) is 6.04 Å². The van der Waals surface area contributed by atoms with Crippen LogP contribution in [0.5, 0.6) is 0 Å². The molecule has 7 nitrogen and oxygen atoms in total. The lowest BCUT2D eigenvalue weighted by Gasteiger charge is -2.25. The molecule has 0 aliphatic heterocycles. The summed E-state index contributed by atoms with van der Waals surface area (Å²) in [6.45, 7) is 3.85. The second kappa shape index (κ2) is 13.7. The maximum Gasteiger partial charge on any atom is 0.326 e. The number of carboxylic acids is 1. The fraction of sp³-hybridized carbons (Fsp3) is 0.417. The number of nitrogens with one attached hydrogen (secondary N) is 1. The van der Waals surface area contributed by atoms with Gasteiger partial charge in [-0.1, -0.05) is 74.5 Å². The fourth-order valence-corrected chi connectivity index (χ4v) is 5.41. The van der Waals surface area contributed by atoms with Crippen LogP contribution in [0.15, 0.2) is 60.7 Å². The van der Waals surface area contributed by atoms with Gasteiger partial charge < -0.3 is 38.0 Å². The van der Waals surface area contributed by atoms with Crippen molar-refractivity contribution in [3.05, 3.63) is 71.8 Å². The van der Waals surface area contributed by atoms with E-state index in [0.29, 0.717) is 12.8 Å². The Kier molecular flexibility index (Phi) is 12.0. The van der Waals surface area contributed by atoms with Gasteiger partial charge in [0.05, 0.1) is 0 Å². The molecule has 2 aromatic rings. The summed E-state index contributed by atoms with van der Waals surface area (Å²) in [5, 5.41) is 12.2. The molecule has 6 N–H and O–H groups in total. The Hall–Kier alpha value is -1.99. The van der Waals surface area contributed by atoms with Gasteiger partial charge in [-0.3, -0.25) is 9.36 Å². The van der Waals surface area contributed by atoms with Crippen LogP contribution < -0.4 is 28.0 Å². The molecule has 9 heteroatoms. The zero-order valence-corrected chi connectivity index (χ0v) is 21.5. The van der Waals surface area contributed by atoms with Crippen molar-refractivity contribution in [2.45, 2.75) is 44.9 Å². The third kappa shape index (κ3) is 9.80. The molecule has 2 aromatic carbocycles. The number of amides is 1. The number of benzene rings is 2. The Bertz CT molecular complexity index is 927. The highest BCUT2D eigenvalue weighted by atomic mass is 79.9. The summed E-state index contributed by atoms with van der Waals surface area (Å²) < 4.78 is 13.1. The highest BCUT2D eigenvalue weighted by Gasteiger charge is 2.37. The lowest BCUT2D eigenvalue weighted by Crippen LogP contribution is -3.00. The summed E-state index contributed by atoms with van der Waals surface area (Å²) in [7, 11) is -3.77. The van der Waals surface area contributed by atoms with E-state index in [0.717, 1.165) is 11.1 Å². The van der Waals surface area contributed by atoms with Crippen molar-refractivity contribution in [3.63, 3.8) is 0 Å². The van der Waals surface area contributed by atoms with Crippen molar-refractivity contribution in [3.8, 4) is 0 Å². The summed E-state index contributed by atoms with van der Waals surface area (Å²) in [6, 6.07) is 17.3. The second-order valence-electron chi connectivity index (χ2n) is 8.70. The van der Waals surface area contributed by atoms with E-state index >= 15 is 0 Å². The zero-order chi connectivity index (χ0) is 23.7. The summed E-state index contributed by atoms with van der Waals surface area (Å²) in [4.78, 5) is 35.5. The minimum Gasteiger partial charge on any atom is -1.00 e. The van der Waals surface area contributed by atoms with Gasteiger partial charge >= 0.3 is 5.97 Å². The molecule has 0 aliphatic carbocycles. The molecule has 0 heterocycles. The van der Waals surface area contributed by atoms with E-state index in [9.17, 15) is 24.2 Å². The number of hydrogen-bond donors (Lipinski definition) is 4. The maximum absolute atomic E-state index is 13.1. The lowest BCUT2D eigenvalue weighted by atomic mass is 9.97. The monoisotopic (exact) mass is 540 g/mol. The quantitative estimate of drug-likeness (QED) is 0.271. The largest absolute Gasteiger partial charge is 1.00 e. The SMILES string of the molecule is CC(C)C[C@H](CP(=O)(O)[C@@H]([NH3+])Cc1ccccc1)C(=O)N[C@@H](Cc1ccccc1)C(=O)O.[Br-]. The molecule has 33 heavy (non-hydrogen) atoms. The molecular weight excluding hydrogens is 507 g/mol. The number of hydrogen-bond acceptors (Lipinski definition) is 3. The third-order valence-corrected chi connectivity index (χ3v) is 7.68. The molecule has 0 radical (unpaired) electrons. The van der Waals surface area contributed by atoms with Crippen LogP contribution in [0, 0.1) is 11.8 Å². The van der Waals surface area contributed by atoms with Crippen LogP contribution >= 0.6 is 7.37 Å². The number of carbonyl (C=O) groups excluding carboxylic acids is 1. The molecule has 0 saturated carbocycles. The highest BCUT2D eigenvalue weighted by molar-refractivity contribution is 7.58. The van der Waals surface area contributed by atoms with Crippen LogP contribution in [0.3, 0.4) is 0 Å². The Morgan fingerprint density at radius 1 is 0.970 bits per heavy atom. The predicted octanol–water partition coefficient (Wildman–Crippen LogP) is -0.454. The van der Waals surface area contributed by atoms with Crippen molar-refractivity contribution in [1.82, 2.24) is 5.32 Å². The second-order valence-corrected chi connectivity index (χ2v) is 11.3. The molecular formula is C24H34BrN2O5P. The van der Waals surface area contributed by atoms with E-state index in [4.69, 9.17) is 0 Å². The van der Waals surface area contributed by atoms with Crippen LogP contribution in [0.25, 0.3) is 0 Å². The predicted molar refractivity (Wildman–Crippen MR) is 124 cm³/mol. The summed E-state index contributed by atoms with van der Waals surface area (Å²) >= 11 is 0. The van der Waals surface area contributed by atoms with Crippen molar-refractivity contribution in [1.29, 1.82) is 0 Å². The number of carboxylic acid groups (broad SMARTS) is 1. The maximum atomic E-state index is 13.1. The Labute approximate surface area is 206 Å². The molecule has 2 rings (SSSR count). The van der Waals surface area contributed by atoms with E-state index in [-0.39, 0.29) is 35.5 Å². The average Bonchev–Trinajstić information content (AvgIpc) is 2.73. The minimum atomic E-state index is -3.77. The number of halogens is 1. The first-order valence-corrected chi connectivity index (χ1v) is 12.8. The Morgan fingerprint density at radius 3 is 1.91 bits per heavy atom. The molecule has 1 amide bonds. The van der Waals surface area contributed by atoms with Gasteiger partial charge in [0.2, 0.25) is 5.91 Å². The summed E-state index contributed by atoms with van der Waals surface area (Å²) in [5.41, 5.74) is 5.59. The van der Waals surface area contributed by atoms with Gasteiger partial charge in [0, 0.05) is 24.9 Å². The topological polar surface area (TPSA) is 131 Å². The molecule has 0 aromatic heterocycles. The van der Waals surface area contributed by atoms with Crippen molar-refractivity contribution < 1.29 is 46.9 Å². The van der Waals surface area contributed by atoms with Gasteiger partial charge in [0.25, 0.3) is 7.37 Å².